The van der Waals surface area contributed by atoms with Crippen molar-refractivity contribution in [3.8, 4) is 0 Å². The SMILES string of the molecule is CNCc1ccc(Sc2n[nH]c(C)n2)cc1Br. The highest BCUT2D eigenvalue weighted by Crippen LogP contribution is 2.28. The smallest absolute Gasteiger partial charge is 0.213 e. The topological polar surface area (TPSA) is 53.6 Å². The third kappa shape index (κ3) is 3.31. The van der Waals surface area contributed by atoms with Crippen molar-refractivity contribution < 1.29 is 0 Å². The molecule has 0 bridgehead atoms. The monoisotopic (exact) mass is 312 g/mol. The highest BCUT2D eigenvalue weighted by molar-refractivity contribution is 9.10. The number of H-pyrrole nitrogens is 1. The molecule has 0 saturated heterocycles. The number of benzene rings is 1. The Labute approximate surface area is 113 Å². The van der Waals surface area contributed by atoms with Gasteiger partial charge in [0.2, 0.25) is 5.16 Å². The lowest BCUT2D eigenvalue weighted by atomic mass is 10.2. The molecule has 90 valence electrons. The number of rotatable bonds is 4. The van der Waals surface area contributed by atoms with E-state index in [-0.39, 0.29) is 0 Å². The van der Waals surface area contributed by atoms with E-state index >= 15 is 0 Å². The lowest BCUT2D eigenvalue weighted by Crippen LogP contribution is -2.05. The van der Waals surface area contributed by atoms with Crippen LogP contribution in [0.25, 0.3) is 0 Å². The molecule has 0 spiro atoms. The van der Waals surface area contributed by atoms with Gasteiger partial charge in [0.25, 0.3) is 0 Å². The highest BCUT2D eigenvalue weighted by atomic mass is 79.9. The van der Waals surface area contributed by atoms with Crippen LogP contribution in [0, 0.1) is 6.92 Å². The zero-order valence-electron chi connectivity index (χ0n) is 9.62. The Balaban J connectivity index is 2.14. The molecule has 0 unspecified atom stereocenters. The van der Waals surface area contributed by atoms with Crippen molar-refractivity contribution in [3.63, 3.8) is 0 Å². The van der Waals surface area contributed by atoms with Gasteiger partial charge in [0.05, 0.1) is 0 Å². The van der Waals surface area contributed by atoms with Gasteiger partial charge in [0.15, 0.2) is 0 Å². The summed E-state index contributed by atoms with van der Waals surface area (Å²) in [6.07, 6.45) is 0. The summed E-state index contributed by atoms with van der Waals surface area (Å²) in [7, 11) is 1.94. The lowest BCUT2D eigenvalue weighted by molar-refractivity contribution is 0.813. The molecular weight excluding hydrogens is 300 g/mol. The molecule has 0 aliphatic heterocycles. The molecule has 0 fully saturated rings. The number of hydrogen-bond donors (Lipinski definition) is 2. The van der Waals surface area contributed by atoms with Crippen LogP contribution in [-0.4, -0.2) is 22.2 Å². The van der Waals surface area contributed by atoms with Crippen molar-refractivity contribution in [2.24, 2.45) is 0 Å². The minimum absolute atomic E-state index is 0.746. The number of aryl methyl sites for hydroxylation is 1. The Kier molecular flexibility index (Phi) is 4.20. The summed E-state index contributed by atoms with van der Waals surface area (Å²) in [4.78, 5) is 5.38. The van der Waals surface area contributed by atoms with Crippen LogP contribution in [0.4, 0.5) is 0 Å². The molecule has 0 saturated carbocycles. The van der Waals surface area contributed by atoms with E-state index in [2.05, 4.69) is 54.6 Å². The number of aromatic amines is 1. The van der Waals surface area contributed by atoms with Crippen molar-refractivity contribution in [2.45, 2.75) is 23.5 Å². The van der Waals surface area contributed by atoms with Gasteiger partial charge in [-0.25, -0.2) is 4.98 Å². The van der Waals surface area contributed by atoms with Crippen LogP contribution < -0.4 is 5.32 Å². The summed E-state index contributed by atoms with van der Waals surface area (Å²) in [6, 6.07) is 6.26. The van der Waals surface area contributed by atoms with Gasteiger partial charge in [-0.15, -0.1) is 5.10 Å². The second-order valence-electron chi connectivity index (χ2n) is 3.59. The Bertz CT molecular complexity index is 512. The Morgan fingerprint density at radius 2 is 2.29 bits per heavy atom. The minimum atomic E-state index is 0.746. The van der Waals surface area contributed by atoms with E-state index in [9.17, 15) is 0 Å². The average molecular weight is 313 g/mol. The summed E-state index contributed by atoms with van der Waals surface area (Å²) >= 11 is 5.11. The Hall–Kier alpha value is -0.850. The summed E-state index contributed by atoms with van der Waals surface area (Å²) in [5, 5.41) is 10.8. The maximum Gasteiger partial charge on any atom is 0.213 e. The van der Waals surface area contributed by atoms with Crippen LogP contribution in [0.3, 0.4) is 0 Å². The number of nitrogens with zero attached hydrogens (tertiary/aromatic N) is 2. The first kappa shape index (κ1) is 12.6. The number of halogens is 1. The van der Waals surface area contributed by atoms with Gasteiger partial charge in [0, 0.05) is 15.9 Å². The van der Waals surface area contributed by atoms with E-state index in [1.165, 1.54) is 5.56 Å². The molecule has 6 heteroatoms. The number of nitrogens with one attached hydrogen (secondary N) is 2. The van der Waals surface area contributed by atoms with Crippen LogP contribution in [-0.2, 0) is 6.54 Å². The van der Waals surface area contributed by atoms with Gasteiger partial charge < -0.3 is 5.32 Å². The number of aromatic nitrogens is 3. The van der Waals surface area contributed by atoms with E-state index in [1.54, 1.807) is 11.8 Å². The first-order valence-corrected chi connectivity index (χ1v) is 6.80. The predicted molar refractivity (Wildman–Crippen MR) is 72.1 cm³/mol. The van der Waals surface area contributed by atoms with Crippen LogP contribution in [0.15, 0.2) is 32.7 Å². The van der Waals surface area contributed by atoms with Crippen molar-refractivity contribution >= 4 is 27.7 Å². The van der Waals surface area contributed by atoms with Gasteiger partial charge in [-0.05, 0) is 43.4 Å². The first-order valence-electron chi connectivity index (χ1n) is 5.19. The zero-order chi connectivity index (χ0) is 12.3. The molecule has 0 aliphatic rings. The molecular formula is C11H13BrN4S. The van der Waals surface area contributed by atoms with Crippen LogP contribution in [0.5, 0.6) is 0 Å². The molecule has 2 rings (SSSR count). The minimum Gasteiger partial charge on any atom is -0.316 e. The van der Waals surface area contributed by atoms with E-state index in [4.69, 9.17) is 0 Å². The molecule has 1 aromatic carbocycles. The Morgan fingerprint density at radius 3 is 2.88 bits per heavy atom. The van der Waals surface area contributed by atoms with Crippen molar-refractivity contribution in [3.05, 3.63) is 34.1 Å². The van der Waals surface area contributed by atoms with Gasteiger partial charge in [-0.2, -0.15) is 0 Å². The fourth-order valence-corrected chi connectivity index (χ4v) is 2.87. The van der Waals surface area contributed by atoms with Crippen molar-refractivity contribution in [1.29, 1.82) is 0 Å². The van der Waals surface area contributed by atoms with Crippen molar-refractivity contribution in [1.82, 2.24) is 20.5 Å². The van der Waals surface area contributed by atoms with Crippen LogP contribution in [0.1, 0.15) is 11.4 Å². The third-order valence-corrected chi connectivity index (χ3v) is 3.77. The van der Waals surface area contributed by atoms with E-state index < -0.39 is 0 Å². The quantitative estimate of drug-likeness (QED) is 0.911. The number of hydrogen-bond acceptors (Lipinski definition) is 4. The third-order valence-electron chi connectivity index (χ3n) is 2.18. The second kappa shape index (κ2) is 5.66. The fraction of sp³-hybridized carbons (Fsp3) is 0.273. The van der Waals surface area contributed by atoms with E-state index in [1.807, 2.05) is 14.0 Å². The zero-order valence-corrected chi connectivity index (χ0v) is 12.0. The summed E-state index contributed by atoms with van der Waals surface area (Å²) < 4.78 is 1.10. The predicted octanol–water partition coefficient (Wildman–Crippen LogP) is 2.75. The van der Waals surface area contributed by atoms with Crippen molar-refractivity contribution in [2.75, 3.05) is 7.05 Å². The molecule has 0 aliphatic carbocycles. The first-order chi connectivity index (χ1) is 8.19. The largest absolute Gasteiger partial charge is 0.316 e. The van der Waals surface area contributed by atoms with Gasteiger partial charge in [-0.1, -0.05) is 22.0 Å². The maximum absolute atomic E-state index is 4.26. The highest BCUT2D eigenvalue weighted by Gasteiger charge is 2.05. The van der Waals surface area contributed by atoms with Gasteiger partial charge in [-0.3, -0.25) is 5.10 Å². The summed E-state index contributed by atoms with van der Waals surface area (Å²) in [5.41, 5.74) is 1.24. The van der Waals surface area contributed by atoms with E-state index in [0.717, 1.165) is 26.9 Å². The lowest BCUT2D eigenvalue weighted by Gasteiger charge is -2.05. The van der Waals surface area contributed by atoms with Gasteiger partial charge in [0.1, 0.15) is 5.82 Å². The molecule has 4 nitrogen and oxygen atoms in total. The summed E-state index contributed by atoms with van der Waals surface area (Å²) in [6.45, 7) is 2.74. The molecule has 1 heterocycles. The van der Waals surface area contributed by atoms with Crippen LogP contribution in [0.2, 0.25) is 0 Å². The maximum atomic E-state index is 4.26. The molecule has 0 atom stereocenters. The van der Waals surface area contributed by atoms with Gasteiger partial charge >= 0.3 is 0 Å². The molecule has 17 heavy (non-hydrogen) atoms. The molecule has 0 radical (unpaired) electrons. The second-order valence-corrected chi connectivity index (χ2v) is 5.48. The molecule has 0 amide bonds. The molecule has 1 aromatic heterocycles. The Morgan fingerprint density at radius 1 is 1.47 bits per heavy atom. The van der Waals surface area contributed by atoms with E-state index in [0.29, 0.717) is 0 Å². The molecule has 2 aromatic rings. The normalized spacial score (nSPS) is 10.8. The fourth-order valence-electron chi connectivity index (χ4n) is 1.40. The standard InChI is InChI=1S/C11H13BrN4S/c1-7-14-11(16-15-7)17-9-4-3-8(6-13-2)10(12)5-9/h3-5,13H,6H2,1-2H3,(H,14,15,16). The van der Waals surface area contributed by atoms with Crippen LogP contribution >= 0.6 is 27.7 Å². The summed E-state index contributed by atoms with van der Waals surface area (Å²) in [5.74, 6) is 0.832. The molecule has 2 N–H and O–H groups in total. The average Bonchev–Trinajstić information content (AvgIpc) is 2.68.